The molecule has 1 aliphatic rings. The van der Waals surface area contributed by atoms with Crippen LogP contribution < -0.4 is 10.2 Å². The molecule has 2 N–H and O–H groups in total. The van der Waals surface area contributed by atoms with Gasteiger partial charge in [0.15, 0.2) is 16.8 Å². The van der Waals surface area contributed by atoms with E-state index in [1.807, 2.05) is 0 Å². The number of anilines is 2. The van der Waals surface area contributed by atoms with E-state index in [4.69, 9.17) is 0 Å². The second-order valence-electron chi connectivity index (χ2n) is 7.24. The Bertz CT molecular complexity index is 1070. The van der Waals surface area contributed by atoms with E-state index in [1.165, 1.54) is 29.5 Å². The van der Waals surface area contributed by atoms with Gasteiger partial charge in [-0.25, -0.2) is 23.5 Å². The van der Waals surface area contributed by atoms with Gasteiger partial charge in [0.25, 0.3) is 0 Å². The maximum atomic E-state index is 14.4. The number of aromatic nitrogens is 2. The van der Waals surface area contributed by atoms with Crippen molar-refractivity contribution in [2.45, 2.75) is 19.4 Å². The molecule has 0 aliphatic carbocycles. The third kappa shape index (κ3) is 4.49. The number of benzene rings is 1. The summed E-state index contributed by atoms with van der Waals surface area (Å²) in [6, 6.07) is 5.38. The Labute approximate surface area is 176 Å². The number of pyridine rings is 1. The molecule has 10 heteroatoms. The highest BCUT2D eigenvalue weighted by atomic mass is 32.1. The summed E-state index contributed by atoms with van der Waals surface area (Å²) in [5.74, 6) is -0.537. The van der Waals surface area contributed by atoms with E-state index in [0.717, 1.165) is 0 Å². The van der Waals surface area contributed by atoms with Crippen LogP contribution in [0.5, 0.6) is 0 Å². The number of piperazine rings is 1. The number of hydrogen-bond acceptors (Lipinski definition) is 6. The van der Waals surface area contributed by atoms with E-state index in [0.29, 0.717) is 53.5 Å². The predicted molar refractivity (Wildman–Crippen MR) is 112 cm³/mol. The number of rotatable bonds is 4. The Balaban J connectivity index is 1.36. The van der Waals surface area contributed by atoms with Crippen molar-refractivity contribution >= 4 is 38.5 Å². The molecule has 0 radical (unpaired) electrons. The van der Waals surface area contributed by atoms with E-state index in [2.05, 4.69) is 15.3 Å². The fraction of sp³-hybridized carbons (Fsp3) is 0.350. The molecule has 0 unspecified atom stereocenters. The van der Waals surface area contributed by atoms with Crippen LogP contribution in [0.3, 0.4) is 0 Å². The maximum Gasteiger partial charge on any atom is 0.323 e. The molecule has 1 fully saturated rings. The standard InChI is InChI=1S/C20H21F2N5O2S/c1-12(28)8-13-9-15(22)18(23-11-13)26-4-6-27(7-5-26)20(29)25-19-24-16-3-2-14(21)10-17(16)30-19/h2-3,9-12,28H,4-8H2,1H3,(H,24,25,29)/t12-/m0/s1. The minimum atomic E-state index is -0.562. The predicted octanol–water partition coefficient (Wildman–Crippen LogP) is 3.25. The van der Waals surface area contributed by atoms with E-state index in [1.54, 1.807) is 29.0 Å². The number of carbonyl (C=O) groups is 1. The minimum absolute atomic E-state index is 0.248. The molecule has 0 bridgehead atoms. The van der Waals surface area contributed by atoms with Gasteiger partial charge in [0.1, 0.15) is 5.82 Å². The Morgan fingerprint density at radius 3 is 2.73 bits per heavy atom. The van der Waals surface area contributed by atoms with Gasteiger partial charge in [0, 0.05) is 32.4 Å². The smallest absolute Gasteiger partial charge is 0.323 e. The summed E-state index contributed by atoms with van der Waals surface area (Å²) in [5.41, 5.74) is 1.27. The molecule has 2 amide bonds. The lowest BCUT2D eigenvalue weighted by atomic mass is 10.1. The van der Waals surface area contributed by atoms with E-state index < -0.39 is 11.9 Å². The van der Waals surface area contributed by atoms with Crippen molar-refractivity contribution in [2.24, 2.45) is 0 Å². The lowest BCUT2D eigenvalue weighted by Crippen LogP contribution is -2.50. The highest BCUT2D eigenvalue weighted by Crippen LogP contribution is 2.27. The molecule has 30 heavy (non-hydrogen) atoms. The van der Waals surface area contributed by atoms with E-state index >= 15 is 0 Å². The third-order valence-corrected chi connectivity index (χ3v) is 5.77. The maximum absolute atomic E-state index is 14.4. The number of fused-ring (bicyclic) bond motifs is 1. The van der Waals surface area contributed by atoms with Gasteiger partial charge in [0.2, 0.25) is 0 Å². The zero-order valence-corrected chi connectivity index (χ0v) is 17.1. The normalized spacial score (nSPS) is 15.5. The van der Waals surface area contributed by atoms with Crippen molar-refractivity contribution in [2.75, 3.05) is 36.4 Å². The van der Waals surface area contributed by atoms with Gasteiger partial charge in [0.05, 0.1) is 16.3 Å². The van der Waals surface area contributed by atoms with Crippen molar-refractivity contribution in [3.63, 3.8) is 0 Å². The molecule has 2 aromatic heterocycles. The molecule has 1 saturated heterocycles. The van der Waals surface area contributed by atoms with Gasteiger partial charge in [-0.15, -0.1) is 0 Å². The molecule has 3 heterocycles. The fourth-order valence-corrected chi connectivity index (χ4v) is 4.28. The molecule has 4 rings (SSSR count). The van der Waals surface area contributed by atoms with Crippen molar-refractivity contribution in [1.82, 2.24) is 14.9 Å². The number of carbonyl (C=O) groups excluding carboxylic acids is 1. The van der Waals surface area contributed by atoms with Gasteiger partial charge in [-0.1, -0.05) is 11.3 Å². The van der Waals surface area contributed by atoms with Crippen molar-refractivity contribution < 1.29 is 18.7 Å². The number of hydrogen-bond donors (Lipinski definition) is 2. The number of thiazole rings is 1. The second kappa shape index (κ2) is 8.49. The number of halogens is 2. The summed E-state index contributed by atoms with van der Waals surface area (Å²) in [7, 11) is 0. The molecule has 1 aromatic carbocycles. The van der Waals surface area contributed by atoms with Gasteiger partial charge in [-0.3, -0.25) is 5.32 Å². The third-order valence-electron chi connectivity index (χ3n) is 4.84. The fourth-order valence-electron chi connectivity index (χ4n) is 3.40. The number of amides is 2. The quantitative estimate of drug-likeness (QED) is 0.660. The van der Waals surface area contributed by atoms with Crippen molar-refractivity contribution in [1.29, 1.82) is 0 Å². The van der Waals surface area contributed by atoms with Gasteiger partial charge in [-0.05, 0) is 43.2 Å². The number of nitrogens with one attached hydrogen (secondary N) is 1. The van der Waals surface area contributed by atoms with Crippen molar-refractivity contribution in [3.8, 4) is 0 Å². The topological polar surface area (TPSA) is 81.6 Å². The first-order valence-electron chi connectivity index (χ1n) is 9.58. The van der Waals surface area contributed by atoms with Crippen LogP contribution in [0.1, 0.15) is 12.5 Å². The van der Waals surface area contributed by atoms with Crippen molar-refractivity contribution in [3.05, 3.63) is 47.7 Å². The zero-order valence-electron chi connectivity index (χ0n) is 16.3. The largest absolute Gasteiger partial charge is 0.393 e. The summed E-state index contributed by atoms with van der Waals surface area (Å²) in [6.07, 6.45) is 1.35. The molecule has 7 nitrogen and oxygen atoms in total. The number of aliphatic hydroxyl groups is 1. The molecule has 1 atom stereocenters. The Morgan fingerprint density at radius 1 is 1.27 bits per heavy atom. The van der Waals surface area contributed by atoms with Crippen LogP contribution in [0.15, 0.2) is 30.5 Å². The molecular formula is C20H21F2N5O2S. The Kier molecular flexibility index (Phi) is 5.78. The first-order chi connectivity index (χ1) is 14.4. The summed E-state index contributed by atoms with van der Waals surface area (Å²) in [4.78, 5) is 24.5. The van der Waals surface area contributed by atoms with Crippen LogP contribution >= 0.6 is 11.3 Å². The molecule has 0 saturated carbocycles. The average Bonchev–Trinajstić information content (AvgIpc) is 3.09. The molecule has 3 aromatic rings. The van der Waals surface area contributed by atoms with E-state index in [-0.39, 0.29) is 17.7 Å². The Hall–Kier alpha value is -2.85. The zero-order chi connectivity index (χ0) is 21.3. The van der Waals surface area contributed by atoms with Crippen LogP contribution in [-0.2, 0) is 6.42 Å². The van der Waals surface area contributed by atoms with Crippen LogP contribution in [0.25, 0.3) is 10.2 Å². The highest BCUT2D eigenvalue weighted by Gasteiger charge is 2.24. The molecule has 0 spiro atoms. The number of aliphatic hydroxyl groups excluding tert-OH is 1. The van der Waals surface area contributed by atoms with Crippen LogP contribution in [0.4, 0.5) is 24.5 Å². The lowest BCUT2D eigenvalue weighted by Gasteiger charge is -2.35. The molecule has 1 aliphatic heterocycles. The van der Waals surface area contributed by atoms with Crippen LogP contribution in [0.2, 0.25) is 0 Å². The Morgan fingerprint density at radius 2 is 2.03 bits per heavy atom. The summed E-state index contributed by atoms with van der Waals surface area (Å²) in [6.45, 7) is 3.34. The minimum Gasteiger partial charge on any atom is -0.393 e. The number of urea groups is 1. The van der Waals surface area contributed by atoms with Gasteiger partial charge in [-0.2, -0.15) is 0 Å². The summed E-state index contributed by atoms with van der Waals surface area (Å²) in [5, 5.41) is 12.6. The number of nitrogens with zero attached hydrogens (tertiary/aromatic N) is 4. The van der Waals surface area contributed by atoms with Gasteiger partial charge >= 0.3 is 6.03 Å². The van der Waals surface area contributed by atoms with Crippen LogP contribution in [0, 0.1) is 11.6 Å². The SMILES string of the molecule is C[C@H](O)Cc1cnc(N2CCN(C(=O)Nc3nc4ccc(F)cc4s3)CC2)c(F)c1. The first kappa shape index (κ1) is 20.4. The highest BCUT2D eigenvalue weighted by molar-refractivity contribution is 7.22. The van der Waals surface area contributed by atoms with Gasteiger partial charge < -0.3 is 14.9 Å². The first-order valence-corrected chi connectivity index (χ1v) is 10.4. The lowest BCUT2D eigenvalue weighted by molar-refractivity contribution is 0.195. The molecule has 158 valence electrons. The molecular weight excluding hydrogens is 412 g/mol. The monoisotopic (exact) mass is 433 g/mol. The van der Waals surface area contributed by atoms with E-state index in [9.17, 15) is 18.7 Å². The average molecular weight is 433 g/mol. The summed E-state index contributed by atoms with van der Waals surface area (Å²) >= 11 is 1.21. The van der Waals surface area contributed by atoms with Crippen LogP contribution in [-0.4, -0.2) is 58.3 Å². The second-order valence-corrected chi connectivity index (χ2v) is 8.27. The summed E-state index contributed by atoms with van der Waals surface area (Å²) < 4.78 is 28.4.